The first-order valence-corrected chi connectivity index (χ1v) is 5.79. The third-order valence-corrected chi connectivity index (χ3v) is 2.68. The second-order valence-corrected chi connectivity index (χ2v) is 4.61. The van der Waals surface area contributed by atoms with E-state index in [2.05, 4.69) is 17.9 Å². The maximum absolute atomic E-state index is 11.5. The van der Waals surface area contributed by atoms with Crippen LogP contribution in [0.2, 0.25) is 0 Å². The Kier molecular flexibility index (Phi) is 7.05. The summed E-state index contributed by atoms with van der Waals surface area (Å²) in [6.45, 7) is 5.67. The summed E-state index contributed by atoms with van der Waals surface area (Å²) in [7, 11) is -1.51. The zero-order chi connectivity index (χ0) is 12.0. The van der Waals surface area contributed by atoms with E-state index in [0.717, 1.165) is 0 Å². The van der Waals surface area contributed by atoms with Crippen LogP contribution in [0.3, 0.4) is 0 Å². The van der Waals surface area contributed by atoms with Crippen LogP contribution >= 0.6 is 12.6 Å². The van der Waals surface area contributed by atoms with Gasteiger partial charge in [-0.1, -0.05) is 20.8 Å². The van der Waals surface area contributed by atoms with Gasteiger partial charge in [0.25, 0.3) is 0 Å². The van der Waals surface area contributed by atoms with E-state index in [1.165, 1.54) is 0 Å². The lowest BCUT2D eigenvalue weighted by Crippen LogP contribution is -2.49. The van der Waals surface area contributed by atoms with Crippen molar-refractivity contribution < 1.29 is 14.8 Å². The normalized spacial score (nSPS) is 14.9. The summed E-state index contributed by atoms with van der Waals surface area (Å²) < 4.78 is 0. The van der Waals surface area contributed by atoms with Crippen LogP contribution < -0.4 is 5.32 Å². The molecule has 0 saturated heterocycles. The quantitative estimate of drug-likeness (QED) is 0.388. The summed E-state index contributed by atoms with van der Waals surface area (Å²) in [4.78, 5) is 11.5. The monoisotopic (exact) mass is 233 g/mol. The molecule has 0 aromatic heterocycles. The van der Waals surface area contributed by atoms with Crippen molar-refractivity contribution >= 4 is 25.7 Å². The molecule has 2 atom stereocenters. The molecular weight excluding hydrogens is 213 g/mol. The highest BCUT2D eigenvalue weighted by Gasteiger charge is 2.27. The molecule has 3 N–H and O–H groups in total. The van der Waals surface area contributed by atoms with E-state index in [1.54, 1.807) is 6.92 Å². The molecule has 4 nitrogen and oxygen atoms in total. The van der Waals surface area contributed by atoms with Crippen LogP contribution in [0.25, 0.3) is 0 Å². The minimum Gasteiger partial charge on any atom is -0.426 e. The average molecular weight is 233 g/mol. The number of rotatable bonds is 6. The molecule has 0 spiro atoms. The predicted molar refractivity (Wildman–Crippen MR) is 64.6 cm³/mol. The van der Waals surface area contributed by atoms with E-state index in [1.807, 2.05) is 13.8 Å². The highest BCUT2D eigenvalue weighted by atomic mass is 32.1. The van der Waals surface area contributed by atoms with Crippen molar-refractivity contribution in [3.05, 3.63) is 0 Å². The summed E-state index contributed by atoms with van der Waals surface area (Å²) in [6, 6.07) is 0. The summed E-state index contributed by atoms with van der Waals surface area (Å²) >= 11 is 4.01. The highest BCUT2D eigenvalue weighted by molar-refractivity contribution is 7.80. The fourth-order valence-electron chi connectivity index (χ4n) is 1.17. The molecule has 0 rings (SSSR count). The molecular formula is C9H20BNO3S. The first-order chi connectivity index (χ1) is 6.88. The van der Waals surface area contributed by atoms with E-state index in [-0.39, 0.29) is 11.8 Å². The van der Waals surface area contributed by atoms with Crippen LogP contribution in [-0.4, -0.2) is 34.8 Å². The van der Waals surface area contributed by atoms with Gasteiger partial charge in [0.05, 0.1) is 5.94 Å². The van der Waals surface area contributed by atoms with Gasteiger partial charge in [-0.2, -0.15) is 12.6 Å². The Balaban J connectivity index is 4.22. The molecule has 0 saturated carbocycles. The number of hydrogen-bond donors (Lipinski definition) is 4. The van der Waals surface area contributed by atoms with E-state index < -0.39 is 13.1 Å². The van der Waals surface area contributed by atoms with Gasteiger partial charge in [-0.15, -0.1) is 0 Å². The molecule has 88 valence electrons. The van der Waals surface area contributed by atoms with Crippen molar-refractivity contribution in [3.63, 3.8) is 0 Å². The van der Waals surface area contributed by atoms with Crippen molar-refractivity contribution in [3.8, 4) is 0 Å². The predicted octanol–water partition coefficient (Wildman–Crippen LogP) is 0.0952. The lowest BCUT2D eigenvalue weighted by atomic mass is 9.75. The van der Waals surface area contributed by atoms with Gasteiger partial charge in [0.1, 0.15) is 0 Å². The zero-order valence-corrected chi connectivity index (χ0v) is 10.4. The van der Waals surface area contributed by atoms with E-state index in [4.69, 9.17) is 10.0 Å². The summed E-state index contributed by atoms with van der Waals surface area (Å²) in [5.74, 6) is -0.268. The zero-order valence-electron chi connectivity index (χ0n) is 9.47. The molecule has 0 aliphatic carbocycles. The third-order valence-electron chi connectivity index (χ3n) is 2.13. The lowest BCUT2D eigenvalue weighted by Gasteiger charge is -2.21. The van der Waals surface area contributed by atoms with Crippen molar-refractivity contribution in [2.75, 3.05) is 5.75 Å². The van der Waals surface area contributed by atoms with Crippen LogP contribution in [0.15, 0.2) is 0 Å². The van der Waals surface area contributed by atoms with Gasteiger partial charge in [-0.25, -0.2) is 0 Å². The maximum Gasteiger partial charge on any atom is 0.475 e. The Morgan fingerprint density at radius 1 is 1.40 bits per heavy atom. The van der Waals surface area contributed by atoms with Crippen LogP contribution in [0.5, 0.6) is 0 Å². The number of amides is 1. The average Bonchev–Trinajstić information content (AvgIpc) is 2.14. The van der Waals surface area contributed by atoms with Crippen LogP contribution in [0, 0.1) is 11.8 Å². The number of carbonyl (C=O) groups excluding carboxylic acids is 1. The van der Waals surface area contributed by atoms with Crippen LogP contribution in [0.4, 0.5) is 0 Å². The molecule has 6 heteroatoms. The summed E-state index contributed by atoms with van der Waals surface area (Å²) in [5, 5.41) is 20.8. The minimum absolute atomic E-state index is 0.191. The van der Waals surface area contributed by atoms with Gasteiger partial charge >= 0.3 is 7.12 Å². The second kappa shape index (κ2) is 7.14. The fraction of sp³-hybridized carbons (Fsp3) is 0.889. The third kappa shape index (κ3) is 6.07. The molecule has 0 fully saturated rings. The summed E-state index contributed by atoms with van der Waals surface area (Å²) in [6.07, 6.45) is 0.544. The Labute approximate surface area is 97.0 Å². The second-order valence-electron chi connectivity index (χ2n) is 4.24. The Morgan fingerprint density at radius 3 is 2.27 bits per heavy atom. The number of thiol groups is 1. The summed E-state index contributed by atoms with van der Waals surface area (Å²) in [5.41, 5.74) is 0. The first kappa shape index (κ1) is 14.8. The largest absolute Gasteiger partial charge is 0.475 e. The van der Waals surface area contributed by atoms with Gasteiger partial charge in [-0.05, 0) is 12.3 Å². The molecule has 0 bridgehead atoms. The Morgan fingerprint density at radius 2 is 1.93 bits per heavy atom. The first-order valence-electron chi connectivity index (χ1n) is 5.15. The number of hydrogen-bond acceptors (Lipinski definition) is 4. The van der Waals surface area contributed by atoms with Gasteiger partial charge in [0.2, 0.25) is 5.91 Å². The van der Waals surface area contributed by atoms with Crippen LogP contribution in [-0.2, 0) is 4.79 Å². The molecule has 0 aromatic rings. The molecule has 0 unspecified atom stereocenters. The Hall–Kier alpha value is -0.195. The molecule has 0 heterocycles. The molecule has 0 aromatic carbocycles. The molecule has 15 heavy (non-hydrogen) atoms. The van der Waals surface area contributed by atoms with Crippen molar-refractivity contribution in [1.82, 2.24) is 5.32 Å². The highest BCUT2D eigenvalue weighted by Crippen LogP contribution is 2.07. The Bertz CT molecular complexity index is 202. The smallest absolute Gasteiger partial charge is 0.426 e. The van der Waals surface area contributed by atoms with E-state index in [0.29, 0.717) is 18.1 Å². The lowest BCUT2D eigenvalue weighted by molar-refractivity contribution is -0.124. The topological polar surface area (TPSA) is 69.6 Å². The van der Waals surface area contributed by atoms with E-state index >= 15 is 0 Å². The van der Waals surface area contributed by atoms with E-state index in [9.17, 15) is 4.79 Å². The van der Waals surface area contributed by atoms with Crippen molar-refractivity contribution in [2.24, 2.45) is 11.8 Å². The molecule has 0 aliphatic heterocycles. The maximum atomic E-state index is 11.5. The standard InChI is InChI=1S/C9H20BNO3S/c1-6(2)4-8(10(13)14)11-9(12)7(3)5-15/h6-8,13-15H,4-5H2,1-3H3,(H,11,12)/t7-,8-/m1/s1. The van der Waals surface area contributed by atoms with Gasteiger partial charge < -0.3 is 15.4 Å². The molecule has 0 radical (unpaired) electrons. The van der Waals surface area contributed by atoms with Crippen molar-refractivity contribution in [2.45, 2.75) is 33.1 Å². The molecule has 1 amide bonds. The van der Waals surface area contributed by atoms with Crippen LogP contribution in [0.1, 0.15) is 27.2 Å². The SMILES string of the molecule is CC(C)C[C@@H](NC(=O)[C@H](C)CS)B(O)O. The minimum atomic E-state index is -1.51. The fourth-order valence-corrected chi connectivity index (χ4v) is 1.34. The van der Waals surface area contributed by atoms with Gasteiger partial charge in [0, 0.05) is 11.7 Å². The van der Waals surface area contributed by atoms with Gasteiger partial charge in [0.15, 0.2) is 0 Å². The molecule has 0 aliphatic rings. The number of carbonyl (C=O) groups is 1. The number of nitrogens with one attached hydrogen (secondary N) is 1. The van der Waals surface area contributed by atoms with Gasteiger partial charge in [-0.3, -0.25) is 4.79 Å². The van der Waals surface area contributed by atoms with Crippen molar-refractivity contribution in [1.29, 1.82) is 0 Å².